The van der Waals surface area contributed by atoms with Crippen molar-refractivity contribution >= 4 is 28.4 Å². The number of nitrogens with zero attached hydrogens (tertiary/aromatic N) is 3. The molecule has 3 aromatic rings. The normalized spacial score (nSPS) is 14.9. The number of ether oxygens (including phenoxy) is 1. The second-order valence-electron chi connectivity index (χ2n) is 6.66. The van der Waals surface area contributed by atoms with Crippen LogP contribution >= 0.6 is 0 Å². The zero-order valence-electron chi connectivity index (χ0n) is 15.3. The van der Waals surface area contributed by atoms with E-state index in [1.807, 2.05) is 54.6 Å². The Kier molecular flexibility index (Phi) is 4.87. The van der Waals surface area contributed by atoms with Crippen LogP contribution in [0.3, 0.4) is 0 Å². The van der Waals surface area contributed by atoms with Gasteiger partial charge in [-0.3, -0.25) is 4.79 Å². The monoisotopic (exact) mass is 362 g/mol. The fourth-order valence-electron chi connectivity index (χ4n) is 3.44. The van der Waals surface area contributed by atoms with Gasteiger partial charge in [-0.25, -0.2) is 9.97 Å². The summed E-state index contributed by atoms with van der Waals surface area (Å²) in [7, 11) is 1.61. The lowest BCUT2D eigenvalue weighted by atomic mass is 9.96. The van der Waals surface area contributed by atoms with Gasteiger partial charge in [0.05, 0.1) is 18.1 Å². The average Bonchev–Trinajstić information content (AvgIpc) is 2.73. The minimum atomic E-state index is 0.000802. The third kappa shape index (κ3) is 3.69. The Morgan fingerprint density at radius 1 is 1.00 bits per heavy atom. The van der Waals surface area contributed by atoms with Gasteiger partial charge in [0.25, 0.3) is 5.88 Å². The van der Waals surface area contributed by atoms with Crippen LogP contribution in [-0.2, 0) is 4.79 Å². The first-order valence-electron chi connectivity index (χ1n) is 9.16. The molecule has 138 valence electrons. The maximum Gasteiger partial charge on any atom is 0.257 e. The predicted molar refractivity (Wildman–Crippen MR) is 106 cm³/mol. The van der Waals surface area contributed by atoms with Gasteiger partial charge in [-0.2, -0.15) is 0 Å². The van der Waals surface area contributed by atoms with Crippen LogP contribution in [0.4, 0.5) is 11.5 Å². The molecule has 1 aliphatic rings. The second-order valence-corrected chi connectivity index (χ2v) is 6.66. The number of benzene rings is 2. The van der Waals surface area contributed by atoms with Gasteiger partial charge in [-0.05, 0) is 37.1 Å². The Morgan fingerprint density at radius 2 is 1.63 bits per heavy atom. The van der Waals surface area contributed by atoms with Gasteiger partial charge in [0, 0.05) is 24.7 Å². The molecular weight excluding hydrogens is 340 g/mol. The maximum absolute atomic E-state index is 12.5. The highest BCUT2D eigenvalue weighted by Crippen LogP contribution is 2.30. The molecule has 1 fully saturated rings. The number of para-hydroxylation sites is 3. The number of methoxy groups -OCH3 is 1. The zero-order chi connectivity index (χ0) is 18.6. The molecule has 6 nitrogen and oxygen atoms in total. The fraction of sp³-hybridized carbons (Fsp3) is 0.286. The van der Waals surface area contributed by atoms with E-state index in [1.54, 1.807) is 7.11 Å². The summed E-state index contributed by atoms with van der Waals surface area (Å²) in [5, 5.41) is 3.00. The molecule has 0 aliphatic carbocycles. The molecule has 4 rings (SSSR count). The fourth-order valence-corrected chi connectivity index (χ4v) is 3.44. The summed E-state index contributed by atoms with van der Waals surface area (Å²) in [6.45, 7) is 1.49. The van der Waals surface area contributed by atoms with Crippen LogP contribution < -0.4 is 15.0 Å². The van der Waals surface area contributed by atoms with E-state index >= 15 is 0 Å². The quantitative estimate of drug-likeness (QED) is 0.769. The van der Waals surface area contributed by atoms with E-state index in [1.165, 1.54) is 0 Å². The number of aromatic nitrogens is 2. The molecule has 0 radical (unpaired) electrons. The summed E-state index contributed by atoms with van der Waals surface area (Å²) >= 11 is 0. The van der Waals surface area contributed by atoms with Gasteiger partial charge < -0.3 is 15.0 Å². The topological polar surface area (TPSA) is 67.4 Å². The minimum Gasteiger partial charge on any atom is -0.478 e. The third-order valence-electron chi connectivity index (χ3n) is 4.92. The molecule has 1 saturated heterocycles. The smallest absolute Gasteiger partial charge is 0.257 e. The lowest BCUT2D eigenvalue weighted by Crippen LogP contribution is -2.38. The summed E-state index contributed by atoms with van der Waals surface area (Å²) in [5.41, 5.74) is 2.50. The molecule has 2 heterocycles. The predicted octanol–water partition coefficient (Wildman–Crippen LogP) is 3.49. The second kappa shape index (κ2) is 7.61. The van der Waals surface area contributed by atoms with E-state index < -0.39 is 0 Å². The molecule has 1 amide bonds. The van der Waals surface area contributed by atoms with Crippen LogP contribution in [0, 0.1) is 5.92 Å². The van der Waals surface area contributed by atoms with Gasteiger partial charge in [-0.1, -0.05) is 30.3 Å². The van der Waals surface area contributed by atoms with Crippen LogP contribution in [0.25, 0.3) is 11.0 Å². The summed E-state index contributed by atoms with van der Waals surface area (Å²) in [6.07, 6.45) is 1.55. The number of hydrogen-bond acceptors (Lipinski definition) is 5. The van der Waals surface area contributed by atoms with E-state index in [0.717, 1.165) is 48.5 Å². The highest BCUT2D eigenvalue weighted by Gasteiger charge is 2.27. The number of carbonyl (C=O) groups excluding carboxylic acids is 1. The summed E-state index contributed by atoms with van der Waals surface area (Å²) in [4.78, 5) is 24.0. The Balaban J connectivity index is 1.46. The third-order valence-corrected chi connectivity index (χ3v) is 4.92. The van der Waals surface area contributed by atoms with Crippen LogP contribution in [0.5, 0.6) is 5.88 Å². The number of amides is 1. The van der Waals surface area contributed by atoms with Crippen molar-refractivity contribution in [3.8, 4) is 5.88 Å². The van der Waals surface area contributed by atoms with Crippen molar-refractivity contribution in [2.24, 2.45) is 5.92 Å². The molecule has 1 aliphatic heterocycles. The molecule has 2 aromatic carbocycles. The van der Waals surface area contributed by atoms with Gasteiger partial charge >= 0.3 is 0 Å². The molecular formula is C21H22N4O2. The first kappa shape index (κ1) is 17.3. The highest BCUT2D eigenvalue weighted by atomic mass is 16.5. The van der Waals surface area contributed by atoms with E-state index in [4.69, 9.17) is 9.72 Å². The number of piperidine rings is 1. The number of fused-ring (bicyclic) bond motifs is 1. The van der Waals surface area contributed by atoms with E-state index in [0.29, 0.717) is 5.88 Å². The molecule has 0 saturated carbocycles. The average molecular weight is 362 g/mol. The number of hydrogen-bond donors (Lipinski definition) is 1. The molecule has 0 atom stereocenters. The van der Waals surface area contributed by atoms with E-state index in [-0.39, 0.29) is 11.8 Å². The minimum absolute atomic E-state index is 0.000802. The van der Waals surface area contributed by atoms with Crippen molar-refractivity contribution in [2.45, 2.75) is 12.8 Å². The molecule has 27 heavy (non-hydrogen) atoms. The first-order chi connectivity index (χ1) is 13.2. The van der Waals surface area contributed by atoms with Gasteiger partial charge in [0.2, 0.25) is 5.91 Å². The molecule has 1 aromatic heterocycles. The molecule has 0 unspecified atom stereocenters. The summed E-state index contributed by atoms with van der Waals surface area (Å²) in [5.74, 6) is 1.36. The maximum atomic E-state index is 12.5. The highest BCUT2D eigenvalue weighted by molar-refractivity contribution is 5.92. The van der Waals surface area contributed by atoms with Crippen molar-refractivity contribution < 1.29 is 9.53 Å². The SMILES string of the molecule is COc1nc2ccccc2nc1N1CCC(C(=O)Nc2ccccc2)CC1. The first-order valence-corrected chi connectivity index (χ1v) is 9.16. The number of carbonyl (C=O) groups is 1. The van der Waals surface area contributed by atoms with Crippen LogP contribution in [0.2, 0.25) is 0 Å². The lowest BCUT2D eigenvalue weighted by Gasteiger charge is -2.32. The van der Waals surface area contributed by atoms with Gasteiger partial charge in [0.1, 0.15) is 0 Å². The number of nitrogens with one attached hydrogen (secondary N) is 1. The Hall–Kier alpha value is -3.15. The van der Waals surface area contributed by atoms with Crippen molar-refractivity contribution in [2.75, 3.05) is 30.4 Å². The molecule has 1 N–H and O–H groups in total. The van der Waals surface area contributed by atoms with Crippen molar-refractivity contribution in [3.05, 3.63) is 54.6 Å². The van der Waals surface area contributed by atoms with Crippen molar-refractivity contribution in [3.63, 3.8) is 0 Å². The largest absolute Gasteiger partial charge is 0.478 e. The lowest BCUT2D eigenvalue weighted by molar-refractivity contribution is -0.120. The van der Waals surface area contributed by atoms with E-state index in [2.05, 4.69) is 15.2 Å². The molecule has 0 spiro atoms. The molecule has 6 heteroatoms. The van der Waals surface area contributed by atoms with Gasteiger partial charge in [0.15, 0.2) is 5.82 Å². The Labute approximate surface area is 158 Å². The summed E-state index contributed by atoms with van der Waals surface area (Å²) in [6, 6.07) is 17.4. The Morgan fingerprint density at radius 3 is 2.30 bits per heavy atom. The van der Waals surface area contributed by atoms with Crippen molar-refractivity contribution in [1.82, 2.24) is 9.97 Å². The molecule has 0 bridgehead atoms. The van der Waals surface area contributed by atoms with Crippen LogP contribution in [-0.4, -0.2) is 36.1 Å². The Bertz CT molecular complexity index is 937. The zero-order valence-corrected chi connectivity index (χ0v) is 15.3. The van der Waals surface area contributed by atoms with E-state index in [9.17, 15) is 4.79 Å². The van der Waals surface area contributed by atoms with Crippen LogP contribution in [0.1, 0.15) is 12.8 Å². The standard InChI is InChI=1S/C21H22N4O2/c1-27-21-19(23-17-9-5-6-10-18(17)24-21)25-13-11-15(12-14-25)20(26)22-16-7-3-2-4-8-16/h2-10,15H,11-14H2,1H3,(H,22,26). The van der Waals surface area contributed by atoms with Crippen LogP contribution in [0.15, 0.2) is 54.6 Å². The summed E-state index contributed by atoms with van der Waals surface area (Å²) < 4.78 is 5.47. The van der Waals surface area contributed by atoms with Gasteiger partial charge in [-0.15, -0.1) is 0 Å². The number of anilines is 2. The van der Waals surface area contributed by atoms with Crippen molar-refractivity contribution in [1.29, 1.82) is 0 Å². The number of rotatable bonds is 4.